The van der Waals surface area contributed by atoms with Gasteiger partial charge in [-0.25, -0.2) is 9.79 Å². The van der Waals surface area contributed by atoms with Gasteiger partial charge in [0, 0.05) is 5.56 Å². The Hall–Kier alpha value is -2.94. The van der Waals surface area contributed by atoms with Crippen LogP contribution in [0.2, 0.25) is 0 Å². The third-order valence-corrected chi connectivity index (χ3v) is 3.72. The molecule has 0 spiro atoms. The molecule has 0 atom stereocenters. The Balaban J connectivity index is 1.82. The predicted octanol–water partition coefficient (Wildman–Crippen LogP) is 4.20. The number of carbonyl (C=O) groups excluding carboxylic acids is 1. The molecule has 0 saturated carbocycles. The number of hydrogen-bond donors (Lipinski definition) is 0. The highest BCUT2D eigenvalue weighted by molar-refractivity contribution is 6.11. The highest BCUT2D eigenvalue weighted by Crippen LogP contribution is 2.18. The van der Waals surface area contributed by atoms with Gasteiger partial charge in [-0.2, -0.15) is 0 Å². The van der Waals surface area contributed by atoms with Crippen LogP contribution in [0.3, 0.4) is 0 Å². The second-order valence-electron chi connectivity index (χ2n) is 5.43. The Kier molecular flexibility index (Phi) is 4.20. The predicted molar refractivity (Wildman–Crippen MR) is 92.1 cm³/mol. The first kappa shape index (κ1) is 15.0. The van der Waals surface area contributed by atoms with Crippen molar-refractivity contribution < 1.29 is 9.53 Å². The Labute approximate surface area is 135 Å². The highest BCUT2D eigenvalue weighted by Gasteiger charge is 2.23. The fourth-order valence-corrected chi connectivity index (χ4v) is 2.24. The lowest BCUT2D eigenvalue weighted by molar-refractivity contribution is -0.130. The van der Waals surface area contributed by atoms with Crippen molar-refractivity contribution in [2.75, 3.05) is 0 Å². The summed E-state index contributed by atoms with van der Waals surface area (Å²) in [6.07, 6.45) is 5.39. The van der Waals surface area contributed by atoms with Crippen LogP contribution < -0.4 is 0 Å². The van der Waals surface area contributed by atoms with Crippen molar-refractivity contribution in [3.63, 3.8) is 0 Å². The molecule has 2 aromatic carbocycles. The second-order valence-corrected chi connectivity index (χ2v) is 5.43. The van der Waals surface area contributed by atoms with E-state index < -0.39 is 5.97 Å². The minimum absolute atomic E-state index is 0.311. The van der Waals surface area contributed by atoms with Crippen LogP contribution in [0.5, 0.6) is 0 Å². The lowest BCUT2D eigenvalue weighted by Gasteiger charge is -2.03. The number of ether oxygens (including phenoxy) is 1. The number of rotatable bonds is 3. The Morgan fingerprint density at radius 1 is 1.00 bits per heavy atom. The number of benzene rings is 2. The molecule has 1 heterocycles. The maximum Gasteiger partial charge on any atom is 0.363 e. The zero-order valence-corrected chi connectivity index (χ0v) is 13.1. The monoisotopic (exact) mass is 303 g/mol. The van der Waals surface area contributed by atoms with E-state index in [-0.39, 0.29) is 0 Å². The van der Waals surface area contributed by atoms with E-state index >= 15 is 0 Å². The molecular formula is C20H17NO2. The van der Waals surface area contributed by atoms with Crippen molar-refractivity contribution in [1.29, 1.82) is 0 Å². The van der Waals surface area contributed by atoms with Crippen LogP contribution in [-0.2, 0) is 9.53 Å². The average molecular weight is 303 g/mol. The van der Waals surface area contributed by atoms with Crippen LogP contribution in [0.4, 0.5) is 0 Å². The van der Waals surface area contributed by atoms with E-state index in [9.17, 15) is 4.79 Å². The number of allylic oxidation sites excluding steroid dienone is 2. The fourth-order valence-electron chi connectivity index (χ4n) is 2.24. The van der Waals surface area contributed by atoms with Crippen LogP contribution in [0.15, 0.2) is 71.4 Å². The lowest BCUT2D eigenvalue weighted by atomic mass is 10.1. The normalized spacial score (nSPS) is 16.0. The Bertz CT molecular complexity index is 830. The van der Waals surface area contributed by atoms with E-state index in [1.807, 2.05) is 68.5 Å². The molecule has 0 unspecified atom stereocenters. The topological polar surface area (TPSA) is 38.7 Å². The summed E-state index contributed by atoms with van der Waals surface area (Å²) in [7, 11) is 0. The van der Waals surface area contributed by atoms with Crippen LogP contribution >= 0.6 is 0 Å². The quantitative estimate of drug-likeness (QED) is 0.629. The maximum atomic E-state index is 11.9. The number of cyclic esters (lactones) is 1. The molecule has 3 rings (SSSR count). The zero-order valence-electron chi connectivity index (χ0n) is 13.1. The van der Waals surface area contributed by atoms with E-state index in [2.05, 4.69) is 4.99 Å². The molecule has 0 N–H and O–H groups in total. The summed E-state index contributed by atoms with van der Waals surface area (Å²) >= 11 is 0. The van der Waals surface area contributed by atoms with Crippen molar-refractivity contribution in [2.45, 2.75) is 13.8 Å². The number of aliphatic imine (C=N–C) groups is 1. The molecule has 23 heavy (non-hydrogen) atoms. The van der Waals surface area contributed by atoms with Gasteiger partial charge in [-0.1, -0.05) is 48.6 Å². The van der Waals surface area contributed by atoms with Crippen LogP contribution in [0.1, 0.15) is 22.3 Å². The van der Waals surface area contributed by atoms with Gasteiger partial charge in [-0.3, -0.25) is 0 Å². The van der Waals surface area contributed by atoms with Gasteiger partial charge in [0.25, 0.3) is 0 Å². The summed E-state index contributed by atoms with van der Waals surface area (Å²) in [5.41, 5.74) is 4.53. The van der Waals surface area contributed by atoms with E-state index in [1.54, 1.807) is 12.2 Å². The van der Waals surface area contributed by atoms with Crippen molar-refractivity contribution in [3.8, 4) is 0 Å². The van der Waals surface area contributed by atoms with Crippen molar-refractivity contribution >= 4 is 17.9 Å². The second kappa shape index (κ2) is 6.44. The van der Waals surface area contributed by atoms with E-state index in [4.69, 9.17) is 4.74 Å². The average Bonchev–Trinajstić information content (AvgIpc) is 2.92. The zero-order chi connectivity index (χ0) is 16.2. The minimum atomic E-state index is -0.420. The van der Waals surface area contributed by atoms with Crippen molar-refractivity contribution in [3.05, 3.63) is 88.6 Å². The maximum absolute atomic E-state index is 11.9. The van der Waals surface area contributed by atoms with Gasteiger partial charge in [-0.05, 0) is 48.7 Å². The molecule has 0 radical (unpaired) electrons. The fraction of sp³-hybridized carbons (Fsp3) is 0.100. The molecule has 0 amide bonds. The van der Waals surface area contributed by atoms with Gasteiger partial charge >= 0.3 is 5.97 Å². The molecule has 0 bridgehead atoms. The lowest BCUT2D eigenvalue weighted by Crippen LogP contribution is -2.05. The first-order valence-electron chi connectivity index (χ1n) is 7.45. The van der Waals surface area contributed by atoms with Crippen LogP contribution in [0, 0.1) is 13.8 Å². The molecule has 3 nitrogen and oxygen atoms in total. The molecule has 0 aliphatic carbocycles. The Morgan fingerprint density at radius 3 is 2.52 bits per heavy atom. The van der Waals surface area contributed by atoms with Gasteiger partial charge in [-0.15, -0.1) is 0 Å². The van der Waals surface area contributed by atoms with Gasteiger partial charge in [0.1, 0.15) is 0 Å². The number of hydrogen-bond acceptors (Lipinski definition) is 3. The molecule has 2 aromatic rings. The van der Waals surface area contributed by atoms with E-state index in [1.165, 1.54) is 5.56 Å². The molecule has 3 heteroatoms. The van der Waals surface area contributed by atoms with Gasteiger partial charge < -0.3 is 4.74 Å². The van der Waals surface area contributed by atoms with Crippen LogP contribution in [0.25, 0.3) is 6.08 Å². The third kappa shape index (κ3) is 3.46. The number of esters is 1. The molecular weight excluding hydrogens is 286 g/mol. The SMILES string of the molecule is Cc1ccc(C2=N/C(=C\C=C\c3ccccc3)C(=O)O2)cc1C. The molecule has 114 valence electrons. The minimum Gasteiger partial charge on any atom is -0.402 e. The first-order valence-corrected chi connectivity index (χ1v) is 7.45. The summed E-state index contributed by atoms with van der Waals surface area (Å²) < 4.78 is 5.27. The van der Waals surface area contributed by atoms with Crippen molar-refractivity contribution in [2.24, 2.45) is 4.99 Å². The molecule has 0 saturated heterocycles. The Morgan fingerprint density at radius 2 is 1.78 bits per heavy atom. The van der Waals surface area contributed by atoms with E-state index in [0.717, 1.165) is 16.7 Å². The summed E-state index contributed by atoms with van der Waals surface area (Å²) in [5.74, 6) is -0.0617. The number of carbonyl (C=O) groups is 1. The number of nitrogens with zero attached hydrogens (tertiary/aromatic N) is 1. The number of aryl methyl sites for hydroxylation is 2. The van der Waals surface area contributed by atoms with Crippen LogP contribution in [-0.4, -0.2) is 11.9 Å². The molecule has 0 aromatic heterocycles. The van der Waals surface area contributed by atoms with Gasteiger partial charge in [0.15, 0.2) is 5.70 Å². The van der Waals surface area contributed by atoms with Gasteiger partial charge in [0.2, 0.25) is 5.90 Å². The van der Waals surface area contributed by atoms with Gasteiger partial charge in [0.05, 0.1) is 0 Å². The smallest absolute Gasteiger partial charge is 0.363 e. The summed E-state index contributed by atoms with van der Waals surface area (Å²) in [6.45, 7) is 4.07. The molecule has 0 fully saturated rings. The summed E-state index contributed by atoms with van der Waals surface area (Å²) in [4.78, 5) is 16.2. The van der Waals surface area contributed by atoms with Crippen molar-refractivity contribution in [1.82, 2.24) is 0 Å². The summed E-state index contributed by atoms with van der Waals surface area (Å²) in [5, 5.41) is 0. The molecule has 1 aliphatic heterocycles. The highest BCUT2D eigenvalue weighted by atomic mass is 16.6. The largest absolute Gasteiger partial charge is 0.402 e. The first-order chi connectivity index (χ1) is 11.1. The summed E-state index contributed by atoms with van der Waals surface area (Å²) in [6, 6.07) is 15.8. The van der Waals surface area contributed by atoms with E-state index in [0.29, 0.717) is 11.6 Å². The standard InChI is InChI=1S/C20H17NO2/c1-14-11-12-17(13-15(14)2)19-21-18(20(22)23-19)10-6-9-16-7-4-3-5-8-16/h3-13H,1-2H3/b9-6+,18-10-. The molecule has 1 aliphatic rings. The third-order valence-electron chi connectivity index (χ3n) is 3.72.